The molecule has 0 saturated carbocycles. The Hall–Kier alpha value is -2.81. The molecule has 3 fully saturated rings. The lowest BCUT2D eigenvalue weighted by Crippen LogP contribution is -2.42. The monoisotopic (exact) mass is 531 g/mol. The van der Waals surface area contributed by atoms with E-state index in [1.54, 1.807) is 0 Å². The smallest absolute Gasteiger partial charge is 0.371 e. The summed E-state index contributed by atoms with van der Waals surface area (Å²) in [5, 5.41) is 3.21. The Morgan fingerprint density at radius 1 is 1.00 bits per heavy atom. The van der Waals surface area contributed by atoms with Gasteiger partial charge in [-0.05, 0) is 68.8 Å². The van der Waals surface area contributed by atoms with Gasteiger partial charge in [-0.1, -0.05) is 25.1 Å². The van der Waals surface area contributed by atoms with Gasteiger partial charge in [0.25, 0.3) is 0 Å². The molecule has 2 unspecified atom stereocenters. The summed E-state index contributed by atoms with van der Waals surface area (Å²) in [5.74, 6) is 2.07. The van der Waals surface area contributed by atoms with Crippen LogP contribution in [0.3, 0.4) is 0 Å². The molecular formula is C29H40F3N5O. The van der Waals surface area contributed by atoms with E-state index in [0.29, 0.717) is 37.2 Å². The van der Waals surface area contributed by atoms with E-state index in [0.717, 1.165) is 64.2 Å². The first-order valence-corrected chi connectivity index (χ1v) is 13.4. The number of aromatic nitrogens is 1. The number of likely N-dealkylation sites (tertiary alicyclic amines) is 2. The Kier molecular flexibility index (Phi) is 8.85. The van der Waals surface area contributed by atoms with Crippen molar-refractivity contribution in [2.45, 2.75) is 52.3 Å². The zero-order chi connectivity index (χ0) is 26.0. The van der Waals surface area contributed by atoms with Gasteiger partial charge in [-0.25, -0.2) is 4.98 Å². The number of anilines is 2. The van der Waals surface area contributed by atoms with E-state index in [1.165, 1.54) is 17.3 Å². The van der Waals surface area contributed by atoms with E-state index in [9.17, 15) is 18.0 Å². The lowest BCUT2D eigenvalue weighted by molar-refractivity contribution is -0.137. The van der Waals surface area contributed by atoms with Gasteiger partial charge in [-0.3, -0.25) is 4.79 Å². The summed E-state index contributed by atoms with van der Waals surface area (Å²) in [6.45, 7) is 8.91. The van der Waals surface area contributed by atoms with Crippen LogP contribution in [0.5, 0.6) is 0 Å². The number of amides is 1. The molecular weight excluding hydrogens is 491 g/mol. The zero-order valence-corrected chi connectivity index (χ0v) is 21.4. The normalized spacial score (nSPS) is 22.3. The molecule has 3 saturated heterocycles. The van der Waals surface area contributed by atoms with Crippen LogP contribution < -0.4 is 10.2 Å². The highest BCUT2D eigenvalue weighted by Gasteiger charge is 2.39. The van der Waals surface area contributed by atoms with E-state index >= 15 is 0 Å². The Bertz CT molecular complexity index is 1040. The highest BCUT2D eigenvalue weighted by molar-refractivity contribution is 5.76. The van der Waals surface area contributed by atoms with E-state index in [4.69, 9.17) is 0 Å². The molecule has 0 spiro atoms. The first-order valence-electron chi connectivity index (χ1n) is 13.4. The second-order valence-electron chi connectivity index (χ2n) is 10.9. The predicted molar refractivity (Wildman–Crippen MR) is 145 cm³/mol. The van der Waals surface area contributed by atoms with Gasteiger partial charge >= 0.3 is 6.18 Å². The van der Waals surface area contributed by atoms with E-state index in [2.05, 4.69) is 51.3 Å². The lowest BCUT2D eigenvalue weighted by atomic mass is 10.0. The van der Waals surface area contributed by atoms with Crippen molar-refractivity contribution in [1.29, 1.82) is 0 Å². The largest absolute Gasteiger partial charge is 0.417 e. The third kappa shape index (κ3) is 6.79. The zero-order valence-electron chi connectivity index (χ0n) is 21.4. The van der Waals surface area contributed by atoms with Crippen molar-refractivity contribution in [1.82, 2.24) is 14.8 Å². The number of halogens is 3. The summed E-state index contributed by atoms with van der Waals surface area (Å²) in [6.07, 6.45) is -0.543. The number of rotatable bonds is 7. The molecule has 1 N–H and O–H groups in total. The van der Waals surface area contributed by atoms with Gasteiger partial charge in [0.2, 0.25) is 5.91 Å². The summed E-state index contributed by atoms with van der Waals surface area (Å²) in [6, 6.07) is 11.3. The van der Waals surface area contributed by atoms with Crippen LogP contribution in [0.1, 0.15) is 44.2 Å². The topological polar surface area (TPSA) is 51.7 Å². The molecule has 0 radical (unpaired) electrons. The number of nitrogens with one attached hydrogen (secondary N) is 1. The van der Waals surface area contributed by atoms with Crippen LogP contribution in [0.4, 0.5) is 24.7 Å². The first kappa shape index (κ1) is 28.2. The molecule has 38 heavy (non-hydrogen) atoms. The molecule has 0 bridgehead atoms. The van der Waals surface area contributed by atoms with Crippen molar-refractivity contribution < 1.29 is 18.0 Å². The van der Waals surface area contributed by atoms with E-state index in [1.807, 2.05) is 4.90 Å². The van der Waals surface area contributed by atoms with Gasteiger partial charge in [0.15, 0.2) is 0 Å². The summed E-state index contributed by atoms with van der Waals surface area (Å²) >= 11 is 0. The maximum atomic E-state index is 12.7. The van der Waals surface area contributed by atoms with Crippen LogP contribution in [0.25, 0.3) is 0 Å². The van der Waals surface area contributed by atoms with E-state index < -0.39 is 11.7 Å². The average molecular weight is 532 g/mol. The van der Waals surface area contributed by atoms with Crippen LogP contribution >= 0.6 is 0 Å². The molecule has 1 aromatic heterocycles. The Labute approximate surface area is 224 Å². The number of benzene rings is 1. The summed E-state index contributed by atoms with van der Waals surface area (Å²) in [4.78, 5) is 23.6. The fourth-order valence-electron chi connectivity index (χ4n) is 5.98. The molecule has 9 heteroatoms. The van der Waals surface area contributed by atoms with Crippen LogP contribution in [0.15, 0.2) is 42.6 Å². The van der Waals surface area contributed by atoms with Gasteiger partial charge in [-0.15, -0.1) is 0 Å². The molecule has 5 rings (SSSR count). The predicted octanol–water partition coefficient (Wildman–Crippen LogP) is 5.30. The Morgan fingerprint density at radius 2 is 1.66 bits per heavy atom. The Morgan fingerprint density at radius 3 is 2.24 bits per heavy atom. The fourth-order valence-corrected chi connectivity index (χ4v) is 5.98. The van der Waals surface area contributed by atoms with Crippen molar-refractivity contribution in [3.63, 3.8) is 0 Å². The number of carbonyl (C=O) groups is 1. The maximum absolute atomic E-state index is 12.7. The SMILES string of the molecule is C.Cc1ccc(N2CC3CN(CCCC(=O)N4CCC(Nc5ccc(C(F)(F)F)cn5)CC4)CC3C2)cc1. The number of hydrogen-bond donors (Lipinski definition) is 1. The highest BCUT2D eigenvalue weighted by Crippen LogP contribution is 2.34. The summed E-state index contributed by atoms with van der Waals surface area (Å²) in [5.41, 5.74) is 1.87. The third-order valence-electron chi connectivity index (χ3n) is 8.12. The molecule has 3 aliphatic heterocycles. The number of fused-ring (bicyclic) bond motifs is 1. The number of carbonyl (C=O) groups excluding carboxylic acids is 1. The van der Waals surface area contributed by atoms with Crippen LogP contribution in [-0.2, 0) is 11.0 Å². The van der Waals surface area contributed by atoms with Gasteiger partial charge in [0.05, 0.1) is 5.56 Å². The van der Waals surface area contributed by atoms with Crippen LogP contribution in [0.2, 0.25) is 0 Å². The van der Waals surface area contributed by atoms with Crippen molar-refractivity contribution in [3.05, 3.63) is 53.7 Å². The fraction of sp³-hybridized carbons (Fsp3) is 0.586. The molecule has 208 valence electrons. The Balaban J connectivity index is 0.00000336. The van der Waals surface area contributed by atoms with Gasteiger partial charge in [-0.2, -0.15) is 13.2 Å². The quantitative estimate of drug-likeness (QED) is 0.526. The number of nitrogens with zero attached hydrogens (tertiary/aromatic N) is 4. The maximum Gasteiger partial charge on any atom is 0.417 e. The summed E-state index contributed by atoms with van der Waals surface area (Å²) in [7, 11) is 0. The average Bonchev–Trinajstić information content (AvgIpc) is 3.44. The molecule has 6 nitrogen and oxygen atoms in total. The lowest BCUT2D eigenvalue weighted by Gasteiger charge is -2.33. The molecule has 1 aromatic carbocycles. The molecule has 0 aliphatic carbocycles. The molecule has 4 heterocycles. The van der Waals surface area contributed by atoms with Gasteiger partial charge < -0.3 is 20.0 Å². The van der Waals surface area contributed by atoms with Crippen molar-refractivity contribution in [3.8, 4) is 0 Å². The van der Waals surface area contributed by atoms with Gasteiger partial charge in [0.1, 0.15) is 5.82 Å². The highest BCUT2D eigenvalue weighted by atomic mass is 19.4. The number of hydrogen-bond acceptors (Lipinski definition) is 5. The third-order valence-corrected chi connectivity index (χ3v) is 8.12. The minimum absolute atomic E-state index is 0. The van der Waals surface area contributed by atoms with Crippen molar-refractivity contribution >= 4 is 17.4 Å². The number of aryl methyl sites for hydroxylation is 1. The second kappa shape index (κ2) is 11.9. The summed E-state index contributed by atoms with van der Waals surface area (Å²) < 4.78 is 38.1. The molecule has 3 aliphatic rings. The minimum Gasteiger partial charge on any atom is -0.371 e. The minimum atomic E-state index is -4.38. The van der Waals surface area contributed by atoms with E-state index in [-0.39, 0.29) is 19.4 Å². The van der Waals surface area contributed by atoms with Gasteiger partial charge in [0, 0.05) is 63.6 Å². The van der Waals surface area contributed by atoms with Crippen LogP contribution in [-0.4, -0.2) is 72.5 Å². The molecule has 2 aromatic rings. The number of alkyl halides is 3. The second-order valence-corrected chi connectivity index (χ2v) is 10.9. The van der Waals surface area contributed by atoms with Crippen LogP contribution in [0, 0.1) is 18.8 Å². The molecule has 2 atom stereocenters. The van der Waals surface area contributed by atoms with Crippen molar-refractivity contribution in [2.75, 3.05) is 56.0 Å². The first-order chi connectivity index (χ1) is 17.7. The number of piperidine rings is 1. The standard InChI is InChI=1S/C28H36F3N5O.CH4/c1-20-4-7-25(8-5-20)36-18-21-16-34(17-22(21)19-36)12-2-3-27(37)35-13-10-24(11-14-35)33-26-9-6-23(15-32-26)28(29,30)31;/h4-9,15,21-22,24H,2-3,10-14,16-19H2,1H3,(H,32,33);1H4. The number of pyridine rings is 1. The van der Waals surface area contributed by atoms with Crippen molar-refractivity contribution in [2.24, 2.45) is 11.8 Å². The molecule has 1 amide bonds.